The first-order chi connectivity index (χ1) is 5.18. The van der Waals surface area contributed by atoms with Crippen molar-refractivity contribution in [1.82, 2.24) is 4.98 Å². The topological polar surface area (TPSA) is 38.9 Å². The number of anilines is 1. The normalized spacial score (nSPS) is 12.9. The Bertz CT molecular complexity index is 235. The highest BCUT2D eigenvalue weighted by Crippen LogP contribution is 2.08. The van der Waals surface area contributed by atoms with Gasteiger partial charge in [-0.25, -0.2) is 4.98 Å². The number of nitrogens with zero attached hydrogens (tertiary/aromatic N) is 1. The minimum Gasteiger partial charge on any atom is -0.384 e. The summed E-state index contributed by atoms with van der Waals surface area (Å²) < 4.78 is 0. The van der Waals surface area contributed by atoms with Crippen molar-refractivity contribution in [3.05, 3.63) is 23.9 Å². The average molecular weight is 171 g/mol. The van der Waals surface area contributed by atoms with Crippen molar-refractivity contribution in [2.75, 3.05) is 5.73 Å². The molecule has 0 aliphatic heterocycles. The van der Waals surface area contributed by atoms with Crippen LogP contribution in [0.2, 0.25) is 0 Å². The molecule has 0 saturated carbocycles. The summed E-state index contributed by atoms with van der Waals surface area (Å²) in [5.74, 6) is 0.555. The molecule has 0 aliphatic rings. The largest absolute Gasteiger partial charge is 0.384 e. The van der Waals surface area contributed by atoms with Crippen LogP contribution < -0.4 is 5.73 Å². The number of nitrogen functional groups attached to an aromatic ring is 1. The van der Waals surface area contributed by atoms with Crippen LogP contribution in [0.5, 0.6) is 0 Å². The van der Waals surface area contributed by atoms with E-state index in [-0.39, 0.29) is 5.38 Å². The average Bonchev–Trinajstić information content (AvgIpc) is 1.85. The van der Waals surface area contributed by atoms with Gasteiger partial charge in [-0.1, -0.05) is 0 Å². The van der Waals surface area contributed by atoms with Crippen LogP contribution in [0.25, 0.3) is 0 Å². The summed E-state index contributed by atoms with van der Waals surface area (Å²) in [6.45, 7) is 1.96. The summed E-state index contributed by atoms with van der Waals surface area (Å²) in [4.78, 5) is 3.88. The molecule has 0 radical (unpaired) electrons. The molecule has 3 heteroatoms. The molecule has 0 amide bonds. The Balaban J connectivity index is 2.71. The van der Waals surface area contributed by atoms with Gasteiger partial charge in [0.05, 0.1) is 0 Å². The summed E-state index contributed by atoms with van der Waals surface area (Å²) in [6.07, 6.45) is 2.54. The molecule has 2 nitrogen and oxygen atoms in total. The third-order valence-corrected chi connectivity index (χ3v) is 1.52. The lowest BCUT2D eigenvalue weighted by atomic mass is 10.1. The minimum atomic E-state index is 0.150. The van der Waals surface area contributed by atoms with E-state index in [1.807, 2.05) is 19.1 Å². The van der Waals surface area contributed by atoms with Gasteiger partial charge in [0.15, 0.2) is 0 Å². The standard InChI is InChI=1S/C8H11ClN2/c1-6(9)4-7-2-3-11-8(10)5-7/h2-3,5-6H,4H2,1H3,(H2,10,11). The summed E-state index contributed by atoms with van der Waals surface area (Å²) in [5.41, 5.74) is 6.62. The van der Waals surface area contributed by atoms with Gasteiger partial charge in [0.2, 0.25) is 0 Å². The van der Waals surface area contributed by atoms with Crippen LogP contribution in [0.15, 0.2) is 18.3 Å². The fourth-order valence-corrected chi connectivity index (χ4v) is 1.12. The summed E-state index contributed by atoms with van der Waals surface area (Å²) in [7, 11) is 0. The molecule has 1 rings (SSSR count). The zero-order chi connectivity index (χ0) is 8.27. The predicted octanol–water partition coefficient (Wildman–Crippen LogP) is 1.83. The summed E-state index contributed by atoms with van der Waals surface area (Å²) in [5, 5.41) is 0.150. The molecule has 60 valence electrons. The van der Waals surface area contributed by atoms with Gasteiger partial charge in [-0.05, 0) is 31.0 Å². The van der Waals surface area contributed by atoms with Crippen molar-refractivity contribution < 1.29 is 0 Å². The van der Waals surface area contributed by atoms with Gasteiger partial charge < -0.3 is 5.73 Å². The molecule has 1 unspecified atom stereocenters. The molecule has 2 N–H and O–H groups in total. The van der Waals surface area contributed by atoms with Crippen LogP contribution >= 0.6 is 11.6 Å². The third-order valence-electron chi connectivity index (χ3n) is 1.36. The van der Waals surface area contributed by atoms with Crippen molar-refractivity contribution in [2.24, 2.45) is 0 Å². The Morgan fingerprint density at radius 2 is 2.45 bits per heavy atom. The minimum absolute atomic E-state index is 0.150. The monoisotopic (exact) mass is 170 g/mol. The maximum absolute atomic E-state index is 5.80. The first kappa shape index (κ1) is 8.34. The van der Waals surface area contributed by atoms with Crippen LogP contribution in [0, 0.1) is 0 Å². The molecular formula is C8H11ClN2. The maximum Gasteiger partial charge on any atom is 0.123 e. The number of hydrogen-bond acceptors (Lipinski definition) is 2. The van der Waals surface area contributed by atoms with Gasteiger partial charge in [-0.2, -0.15) is 0 Å². The second-order valence-corrected chi connectivity index (χ2v) is 3.32. The highest BCUT2D eigenvalue weighted by Gasteiger charge is 1.98. The van der Waals surface area contributed by atoms with E-state index < -0.39 is 0 Å². The lowest BCUT2D eigenvalue weighted by Crippen LogP contribution is -1.98. The predicted molar refractivity (Wildman–Crippen MR) is 47.7 cm³/mol. The van der Waals surface area contributed by atoms with Crippen LogP contribution in [0.4, 0.5) is 5.82 Å². The number of halogens is 1. The molecule has 0 spiro atoms. The molecular weight excluding hydrogens is 160 g/mol. The Kier molecular flexibility index (Phi) is 2.71. The SMILES string of the molecule is CC(Cl)Cc1ccnc(N)c1. The van der Waals surface area contributed by atoms with Crippen molar-refractivity contribution in [3.63, 3.8) is 0 Å². The zero-order valence-electron chi connectivity index (χ0n) is 6.42. The highest BCUT2D eigenvalue weighted by atomic mass is 35.5. The lowest BCUT2D eigenvalue weighted by molar-refractivity contribution is 0.928. The Morgan fingerprint density at radius 1 is 1.73 bits per heavy atom. The van der Waals surface area contributed by atoms with E-state index >= 15 is 0 Å². The van der Waals surface area contributed by atoms with E-state index in [0.717, 1.165) is 12.0 Å². The molecule has 0 fully saturated rings. The Hall–Kier alpha value is -0.760. The molecule has 1 aromatic heterocycles. The fraction of sp³-hybridized carbons (Fsp3) is 0.375. The second-order valence-electron chi connectivity index (χ2n) is 2.57. The third kappa shape index (κ3) is 2.76. The first-order valence-corrected chi connectivity index (χ1v) is 3.96. The molecule has 0 saturated heterocycles. The molecule has 1 aromatic rings. The van der Waals surface area contributed by atoms with Crippen molar-refractivity contribution >= 4 is 17.4 Å². The van der Waals surface area contributed by atoms with Crippen LogP contribution in [0.3, 0.4) is 0 Å². The van der Waals surface area contributed by atoms with Crippen molar-refractivity contribution in [3.8, 4) is 0 Å². The van der Waals surface area contributed by atoms with Gasteiger partial charge in [-0.3, -0.25) is 0 Å². The zero-order valence-corrected chi connectivity index (χ0v) is 7.17. The van der Waals surface area contributed by atoms with Gasteiger partial charge in [0, 0.05) is 11.6 Å². The molecule has 0 aliphatic carbocycles. The van der Waals surface area contributed by atoms with Crippen LogP contribution in [0.1, 0.15) is 12.5 Å². The van der Waals surface area contributed by atoms with Crippen molar-refractivity contribution in [1.29, 1.82) is 0 Å². The summed E-state index contributed by atoms with van der Waals surface area (Å²) in [6, 6.07) is 3.77. The van der Waals surface area contributed by atoms with E-state index in [9.17, 15) is 0 Å². The van der Waals surface area contributed by atoms with Gasteiger partial charge in [-0.15, -0.1) is 11.6 Å². The van der Waals surface area contributed by atoms with E-state index in [0.29, 0.717) is 5.82 Å². The van der Waals surface area contributed by atoms with Crippen LogP contribution in [-0.4, -0.2) is 10.4 Å². The fourth-order valence-electron chi connectivity index (χ4n) is 0.946. The number of hydrogen-bond donors (Lipinski definition) is 1. The number of rotatable bonds is 2. The molecule has 0 aromatic carbocycles. The van der Waals surface area contributed by atoms with Gasteiger partial charge >= 0.3 is 0 Å². The van der Waals surface area contributed by atoms with E-state index in [4.69, 9.17) is 17.3 Å². The maximum atomic E-state index is 5.80. The van der Waals surface area contributed by atoms with Crippen molar-refractivity contribution in [2.45, 2.75) is 18.7 Å². The highest BCUT2D eigenvalue weighted by molar-refractivity contribution is 6.20. The lowest BCUT2D eigenvalue weighted by Gasteiger charge is -2.02. The van der Waals surface area contributed by atoms with Gasteiger partial charge in [0.25, 0.3) is 0 Å². The molecule has 0 bridgehead atoms. The number of alkyl halides is 1. The first-order valence-electron chi connectivity index (χ1n) is 3.53. The van der Waals surface area contributed by atoms with E-state index in [1.54, 1.807) is 6.20 Å². The van der Waals surface area contributed by atoms with Gasteiger partial charge in [0.1, 0.15) is 5.82 Å². The Morgan fingerprint density at radius 3 is 3.00 bits per heavy atom. The van der Waals surface area contributed by atoms with E-state index in [1.165, 1.54) is 0 Å². The molecule has 1 atom stereocenters. The summed E-state index contributed by atoms with van der Waals surface area (Å²) >= 11 is 5.80. The number of pyridine rings is 1. The number of nitrogens with two attached hydrogens (primary N) is 1. The van der Waals surface area contributed by atoms with Crippen LogP contribution in [-0.2, 0) is 6.42 Å². The molecule has 11 heavy (non-hydrogen) atoms. The Labute approximate surface area is 71.4 Å². The second kappa shape index (κ2) is 3.58. The molecule has 1 heterocycles. The quantitative estimate of drug-likeness (QED) is 0.688. The number of aromatic nitrogens is 1. The van der Waals surface area contributed by atoms with E-state index in [2.05, 4.69) is 4.98 Å². The smallest absolute Gasteiger partial charge is 0.123 e.